The van der Waals surface area contributed by atoms with E-state index in [9.17, 15) is 4.79 Å². The van der Waals surface area contributed by atoms with Gasteiger partial charge in [0.05, 0.1) is 30.3 Å². The van der Waals surface area contributed by atoms with Crippen LogP contribution in [0.15, 0.2) is 75.9 Å². The Hall–Kier alpha value is -4.51. The second-order valence-electron chi connectivity index (χ2n) is 8.13. The summed E-state index contributed by atoms with van der Waals surface area (Å²) in [6.07, 6.45) is 0.693. The fraction of sp³-hybridized carbons (Fsp3) is 0.240. The van der Waals surface area contributed by atoms with Gasteiger partial charge < -0.3 is 30.0 Å². The van der Waals surface area contributed by atoms with Gasteiger partial charge in [-0.15, -0.1) is 5.10 Å². The molecule has 1 atom stereocenters. The van der Waals surface area contributed by atoms with E-state index in [2.05, 4.69) is 26.1 Å². The van der Waals surface area contributed by atoms with Crippen LogP contribution in [0.25, 0.3) is 0 Å². The number of benzodiazepines with no additional fused rings is 1. The van der Waals surface area contributed by atoms with Crippen LogP contribution in [0.3, 0.4) is 0 Å². The maximum absolute atomic E-state index is 13.1. The molecule has 1 fully saturated rings. The minimum absolute atomic E-state index is 0.0113. The van der Waals surface area contributed by atoms with Crippen LogP contribution in [0.1, 0.15) is 17.0 Å². The van der Waals surface area contributed by atoms with Crippen molar-refractivity contribution in [2.45, 2.75) is 6.17 Å². The first-order valence-electron chi connectivity index (χ1n) is 11.6. The van der Waals surface area contributed by atoms with Crippen molar-refractivity contribution in [1.82, 2.24) is 20.4 Å². The van der Waals surface area contributed by atoms with E-state index in [0.717, 1.165) is 11.1 Å². The monoisotopic (exact) mass is 486 g/mol. The van der Waals surface area contributed by atoms with Crippen molar-refractivity contribution < 1.29 is 13.9 Å². The molecule has 0 spiro atoms. The van der Waals surface area contributed by atoms with Gasteiger partial charge in [-0.3, -0.25) is 10.2 Å². The number of morpholine rings is 1. The summed E-state index contributed by atoms with van der Waals surface area (Å²) in [6, 6.07) is 17.1. The predicted molar refractivity (Wildman–Crippen MR) is 135 cm³/mol. The van der Waals surface area contributed by atoms with E-state index in [0.29, 0.717) is 43.4 Å². The molecule has 0 bridgehead atoms. The molecule has 36 heavy (non-hydrogen) atoms. The molecule has 1 amide bonds. The van der Waals surface area contributed by atoms with Gasteiger partial charge in [-0.05, 0) is 6.07 Å². The lowest BCUT2D eigenvalue weighted by atomic mass is 10.0. The van der Waals surface area contributed by atoms with Crippen molar-refractivity contribution in [3.8, 4) is 0 Å². The number of hydrogen-bond donors (Lipinski definition) is 4. The minimum atomic E-state index is -1.03. The predicted octanol–water partition coefficient (Wildman–Crippen LogP) is 2.06. The van der Waals surface area contributed by atoms with E-state index in [-0.39, 0.29) is 23.5 Å². The van der Waals surface area contributed by atoms with Crippen LogP contribution in [-0.4, -0.2) is 71.9 Å². The summed E-state index contributed by atoms with van der Waals surface area (Å²) in [5.74, 6) is -0.345. The first-order valence-corrected chi connectivity index (χ1v) is 11.6. The Bertz CT molecular complexity index is 1310. The molecular formula is C25H26N8O3. The Morgan fingerprint density at radius 3 is 2.64 bits per heavy atom. The van der Waals surface area contributed by atoms with E-state index in [1.165, 1.54) is 0 Å². The van der Waals surface area contributed by atoms with E-state index < -0.39 is 6.17 Å². The number of aliphatic imine (C=N–C) groups is 1. The van der Waals surface area contributed by atoms with Gasteiger partial charge in [0.2, 0.25) is 6.17 Å². The number of nitrogens with zero attached hydrogens (tertiary/aromatic N) is 4. The second-order valence-corrected chi connectivity index (χ2v) is 8.13. The minimum Gasteiger partial charge on any atom is -0.402 e. The highest BCUT2D eigenvalue weighted by Gasteiger charge is 2.28. The molecule has 1 aromatic heterocycles. The number of carbonyl (C=O) groups is 1. The molecule has 5 rings (SSSR count). The van der Waals surface area contributed by atoms with Gasteiger partial charge in [-0.25, -0.2) is 4.99 Å². The molecule has 2 aliphatic rings. The van der Waals surface area contributed by atoms with Crippen molar-refractivity contribution in [1.29, 1.82) is 5.41 Å². The van der Waals surface area contributed by atoms with Crippen LogP contribution < -0.4 is 16.0 Å². The second kappa shape index (κ2) is 10.4. The van der Waals surface area contributed by atoms with E-state index in [4.69, 9.17) is 19.6 Å². The third-order valence-corrected chi connectivity index (χ3v) is 5.78. The standard InChI is InChI=1S/C25H26N8O3/c1-27-15-19(33-11-13-35-14-12-33)20(26)24-31-32-25(36-24)30-22-23(34)28-18-10-6-5-9-17(18)21(29-22)16-7-3-2-4-8-16/h2-10,15,22,26-27H,11-14H2,1H3,(H,28,34)(H,30,32)/b19-15+,26-20?/t22-/m1/s1. The fourth-order valence-corrected chi connectivity index (χ4v) is 4.05. The molecular weight excluding hydrogens is 460 g/mol. The highest BCUT2D eigenvalue weighted by molar-refractivity contribution is 6.19. The lowest BCUT2D eigenvalue weighted by Gasteiger charge is -2.30. The molecule has 1 saturated heterocycles. The first kappa shape index (κ1) is 23.2. The van der Waals surface area contributed by atoms with Crippen molar-refractivity contribution in [2.75, 3.05) is 44.0 Å². The molecule has 0 aliphatic carbocycles. The average molecular weight is 487 g/mol. The summed E-state index contributed by atoms with van der Waals surface area (Å²) >= 11 is 0. The van der Waals surface area contributed by atoms with Crippen molar-refractivity contribution >= 4 is 29.0 Å². The molecule has 0 saturated carbocycles. The molecule has 11 nitrogen and oxygen atoms in total. The summed E-state index contributed by atoms with van der Waals surface area (Å²) in [6.45, 7) is 2.45. The molecule has 0 unspecified atom stereocenters. The van der Waals surface area contributed by atoms with Crippen molar-refractivity contribution in [3.63, 3.8) is 0 Å². The van der Waals surface area contributed by atoms with Gasteiger partial charge >= 0.3 is 6.01 Å². The van der Waals surface area contributed by atoms with Crippen LogP contribution in [0.4, 0.5) is 11.7 Å². The van der Waals surface area contributed by atoms with Crippen LogP contribution >= 0.6 is 0 Å². The third-order valence-electron chi connectivity index (χ3n) is 5.78. The summed E-state index contributed by atoms with van der Waals surface area (Å²) < 4.78 is 11.2. The van der Waals surface area contributed by atoms with E-state index in [1.54, 1.807) is 13.2 Å². The van der Waals surface area contributed by atoms with Gasteiger partial charge in [0.1, 0.15) is 5.71 Å². The number of rotatable bonds is 7. The summed E-state index contributed by atoms with van der Waals surface area (Å²) in [4.78, 5) is 19.8. The zero-order chi connectivity index (χ0) is 24.9. The SMILES string of the molecule is CN/C=C(\C(=N)c1nnc(N[C@H]2N=C(c3ccccc3)c3ccccc3NC2=O)o1)N1CCOCC1. The average Bonchev–Trinajstić information content (AvgIpc) is 3.34. The molecule has 4 N–H and O–H groups in total. The van der Waals surface area contributed by atoms with Gasteiger partial charge in [-0.2, -0.15) is 0 Å². The number of amides is 1. The molecule has 11 heteroatoms. The molecule has 0 radical (unpaired) electrons. The Kier molecular flexibility index (Phi) is 6.72. The van der Waals surface area contributed by atoms with Crippen molar-refractivity contribution in [2.24, 2.45) is 4.99 Å². The number of anilines is 2. The van der Waals surface area contributed by atoms with Gasteiger partial charge in [0, 0.05) is 37.5 Å². The zero-order valence-corrected chi connectivity index (χ0v) is 19.7. The smallest absolute Gasteiger partial charge is 0.317 e. The largest absolute Gasteiger partial charge is 0.402 e. The highest BCUT2D eigenvalue weighted by Crippen LogP contribution is 2.25. The summed E-state index contributed by atoms with van der Waals surface area (Å²) in [5, 5.41) is 25.5. The zero-order valence-electron chi connectivity index (χ0n) is 19.7. The quantitative estimate of drug-likeness (QED) is 0.372. The van der Waals surface area contributed by atoms with Crippen LogP contribution in [0.2, 0.25) is 0 Å². The molecule has 3 aromatic rings. The number of para-hydroxylation sites is 1. The summed E-state index contributed by atoms with van der Waals surface area (Å²) in [5.41, 5.74) is 3.67. The summed E-state index contributed by atoms with van der Waals surface area (Å²) in [7, 11) is 1.76. The van der Waals surface area contributed by atoms with E-state index in [1.807, 2.05) is 59.5 Å². The first-order chi connectivity index (χ1) is 17.6. The van der Waals surface area contributed by atoms with Crippen LogP contribution in [-0.2, 0) is 9.53 Å². The van der Waals surface area contributed by atoms with Gasteiger partial charge in [-0.1, -0.05) is 53.6 Å². The molecule has 2 aliphatic heterocycles. The Labute approximate surface area is 207 Å². The normalized spacial score (nSPS) is 18.0. The number of nitrogens with one attached hydrogen (secondary N) is 4. The molecule has 3 heterocycles. The Morgan fingerprint density at radius 1 is 1.11 bits per heavy atom. The maximum atomic E-state index is 13.1. The number of hydrogen-bond acceptors (Lipinski definition) is 10. The number of allylic oxidation sites excluding steroid dienone is 1. The molecule has 2 aromatic carbocycles. The number of ether oxygens (including phenoxy) is 1. The van der Waals surface area contributed by atoms with Crippen molar-refractivity contribution in [3.05, 3.63) is 83.5 Å². The number of carbonyl (C=O) groups excluding carboxylic acids is 1. The van der Waals surface area contributed by atoms with Gasteiger partial charge in [0.25, 0.3) is 11.8 Å². The lowest BCUT2D eigenvalue weighted by molar-refractivity contribution is -0.116. The lowest BCUT2D eigenvalue weighted by Crippen LogP contribution is -2.38. The fourth-order valence-electron chi connectivity index (χ4n) is 4.05. The third kappa shape index (κ3) is 4.82. The molecule has 184 valence electrons. The number of aromatic nitrogens is 2. The highest BCUT2D eigenvalue weighted by atomic mass is 16.5. The maximum Gasteiger partial charge on any atom is 0.317 e. The number of benzene rings is 2. The van der Waals surface area contributed by atoms with Crippen LogP contribution in [0, 0.1) is 5.41 Å². The number of fused-ring (bicyclic) bond motifs is 1. The van der Waals surface area contributed by atoms with Crippen LogP contribution in [0.5, 0.6) is 0 Å². The van der Waals surface area contributed by atoms with E-state index >= 15 is 0 Å². The topological polar surface area (TPSA) is 141 Å². The van der Waals surface area contributed by atoms with Gasteiger partial charge in [0.15, 0.2) is 0 Å². The Morgan fingerprint density at radius 2 is 1.86 bits per heavy atom. The Balaban J connectivity index is 1.41.